The molecule has 0 fully saturated rings. The zero-order valence-corrected chi connectivity index (χ0v) is 14.8. The van der Waals surface area contributed by atoms with Crippen molar-refractivity contribution in [1.82, 2.24) is 0 Å². The molecular formula is C22H17NO2S. The van der Waals surface area contributed by atoms with Gasteiger partial charge in [-0.15, -0.1) is 0 Å². The van der Waals surface area contributed by atoms with Crippen LogP contribution in [0.1, 0.15) is 0 Å². The summed E-state index contributed by atoms with van der Waals surface area (Å²) in [5.74, 6) is 0. The summed E-state index contributed by atoms with van der Waals surface area (Å²) in [5.41, 5.74) is 6.58. The quantitative estimate of drug-likeness (QED) is 0.572. The Balaban J connectivity index is 1.97. The summed E-state index contributed by atoms with van der Waals surface area (Å²) in [7, 11) is -3.70. The number of sulfonamides is 1. The van der Waals surface area contributed by atoms with Crippen LogP contribution in [0.4, 0.5) is 0 Å². The Morgan fingerprint density at radius 1 is 0.577 bits per heavy atom. The summed E-state index contributed by atoms with van der Waals surface area (Å²) in [6.07, 6.45) is 0. The van der Waals surface area contributed by atoms with Crippen molar-refractivity contribution in [2.24, 2.45) is 5.14 Å². The summed E-state index contributed by atoms with van der Waals surface area (Å²) in [6.45, 7) is 0. The average molecular weight is 359 g/mol. The Bertz CT molecular complexity index is 1130. The number of hydrogen-bond acceptors (Lipinski definition) is 2. The maximum atomic E-state index is 11.5. The highest BCUT2D eigenvalue weighted by Crippen LogP contribution is 2.44. The second kappa shape index (κ2) is 6.41. The van der Waals surface area contributed by atoms with E-state index in [0.29, 0.717) is 0 Å². The molecule has 0 atom stereocenters. The van der Waals surface area contributed by atoms with Crippen LogP contribution in [0.3, 0.4) is 0 Å². The van der Waals surface area contributed by atoms with Gasteiger partial charge in [-0.25, -0.2) is 13.6 Å². The normalized spacial score (nSPS) is 11.6. The Morgan fingerprint density at radius 2 is 1.15 bits per heavy atom. The van der Waals surface area contributed by atoms with Crippen molar-refractivity contribution < 1.29 is 8.42 Å². The van der Waals surface area contributed by atoms with Gasteiger partial charge in [-0.05, 0) is 51.6 Å². The minimum atomic E-state index is -3.70. The van der Waals surface area contributed by atoms with Crippen molar-refractivity contribution in [3.63, 3.8) is 0 Å². The molecule has 26 heavy (non-hydrogen) atoms. The van der Waals surface area contributed by atoms with E-state index >= 15 is 0 Å². The summed E-state index contributed by atoms with van der Waals surface area (Å²) in [6, 6.07) is 29.3. The standard InChI is InChI=1S/C22H17NO2S/c23-26(24,25)19-13-11-16(12-14-19)21-15-18-9-5-2-6-10-20(18)22(21)17-7-3-1-4-8-17/h1-15H,(H2,23,24,25). The van der Waals surface area contributed by atoms with Gasteiger partial charge in [0.1, 0.15) is 0 Å². The molecule has 3 nitrogen and oxygen atoms in total. The van der Waals surface area contributed by atoms with E-state index in [-0.39, 0.29) is 4.90 Å². The van der Waals surface area contributed by atoms with Gasteiger partial charge in [0.2, 0.25) is 10.0 Å². The lowest BCUT2D eigenvalue weighted by molar-refractivity contribution is 0.598. The number of fused-ring (bicyclic) bond motifs is 1. The molecule has 128 valence electrons. The van der Waals surface area contributed by atoms with Gasteiger partial charge < -0.3 is 0 Å². The zero-order chi connectivity index (χ0) is 18.1. The Hall–Kier alpha value is -2.95. The van der Waals surface area contributed by atoms with E-state index in [1.165, 1.54) is 0 Å². The van der Waals surface area contributed by atoms with Crippen molar-refractivity contribution in [3.8, 4) is 33.4 Å². The number of rotatable bonds is 3. The lowest BCUT2D eigenvalue weighted by atomic mass is 9.96. The molecule has 0 heterocycles. The summed E-state index contributed by atoms with van der Waals surface area (Å²) >= 11 is 0. The zero-order valence-electron chi connectivity index (χ0n) is 14.0. The predicted octanol–water partition coefficient (Wildman–Crippen LogP) is 4.77. The average Bonchev–Trinajstić information content (AvgIpc) is 2.84. The lowest BCUT2D eigenvalue weighted by Crippen LogP contribution is -2.11. The summed E-state index contributed by atoms with van der Waals surface area (Å²) < 4.78 is 23.0. The van der Waals surface area contributed by atoms with Crippen LogP contribution < -0.4 is 5.14 Å². The molecule has 0 aliphatic heterocycles. The molecule has 0 saturated heterocycles. The van der Waals surface area contributed by atoms with Crippen molar-refractivity contribution in [2.75, 3.05) is 0 Å². The molecule has 4 rings (SSSR count). The fraction of sp³-hybridized carbons (Fsp3) is 0. The Labute approximate surface area is 153 Å². The minimum absolute atomic E-state index is 0.116. The van der Waals surface area contributed by atoms with Gasteiger partial charge in [0.15, 0.2) is 0 Å². The van der Waals surface area contributed by atoms with Crippen molar-refractivity contribution in [2.45, 2.75) is 4.90 Å². The van der Waals surface area contributed by atoms with E-state index in [1.54, 1.807) is 24.3 Å². The van der Waals surface area contributed by atoms with Crippen molar-refractivity contribution >= 4 is 10.0 Å². The third kappa shape index (κ3) is 3.01. The van der Waals surface area contributed by atoms with Gasteiger partial charge in [0, 0.05) is 0 Å². The van der Waals surface area contributed by atoms with E-state index < -0.39 is 10.0 Å². The molecule has 0 spiro atoms. The molecule has 0 amide bonds. The SMILES string of the molecule is NS(=O)(=O)c1ccc(-c2cc3cccccc-3c2-c2ccccc2)cc1. The van der Waals surface area contributed by atoms with Crippen LogP contribution in [0.2, 0.25) is 0 Å². The number of nitrogens with two attached hydrogens (primary N) is 1. The molecule has 4 heteroatoms. The number of benzene rings is 2. The van der Waals surface area contributed by atoms with Crippen LogP contribution >= 0.6 is 0 Å². The first kappa shape index (κ1) is 16.5. The second-order valence-corrected chi connectivity index (χ2v) is 7.71. The third-order valence-electron chi connectivity index (χ3n) is 4.47. The largest absolute Gasteiger partial charge is 0.238 e. The molecule has 0 bridgehead atoms. The first-order chi connectivity index (χ1) is 12.5. The molecule has 0 radical (unpaired) electrons. The van der Waals surface area contributed by atoms with Crippen LogP contribution in [0.15, 0.2) is 95.9 Å². The van der Waals surface area contributed by atoms with Crippen molar-refractivity contribution in [3.05, 3.63) is 91.0 Å². The van der Waals surface area contributed by atoms with Crippen LogP contribution in [-0.2, 0) is 10.0 Å². The number of primary sulfonamides is 1. The van der Waals surface area contributed by atoms with E-state index in [9.17, 15) is 8.42 Å². The molecule has 2 N–H and O–H groups in total. The molecule has 2 aromatic rings. The monoisotopic (exact) mass is 359 g/mol. The van der Waals surface area contributed by atoms with E-state index in [4.69, 9.17) is 5.14 Å². The first-order valence-electron chi connectivity index (χ1n) is 8.24. The molecule has 0 unspecified atom stereocenters. The van der Waals surface area contributed by atoms with Gasteiger partial charge in [-0.2, -0.15) is 0 Å². The second-order valence-electron chi connectivity index (χ2n) is 6.15. The van der Waals surface area contributed by atoms with Gasteiger partial charge in [0.25, 0.3) is 0 Å². The van der Waals surface area contributed by atoms with E-state index in [2.05, 4.69) is 30.3 Å². The molecule has 0 saturated carbocycles. The van der Waals surface area contributed by atoms with E-state index in [1.807, 2.05) is 36.4 Å². The maximum Gasteiger partial charge on any atom is 0.238 e. The van der Waals surface area contributed by atoms with Crippen molar-refractivity contribution in [1.29, 1.82) is 0 Å². The van der Waals surface area contributed by atoms with Crippen LogP contribution in [0.25, 0.3) is 33.4 Å². The minimum Gasteiger partial charge on any atom is -0.225 e. The third-order valence-corrected chi connectivity index (χ3v) is 5.40. The predicted molar refractivity (Wildman–Crippen MR) is 105 cm³/mol. The lowest BCUT2D eigenvalue weighted by Gasteiger charge is -2.08. The smallest absolute Gasteiger partial charge is 0.225 e. The highest BCUT2D eigenvalue weighted by atomic mass is 32.2. The Morgan fingerprint density at radius 3 is 1.77 bits per heavy atom. The Kier molecular flexibility index (Phi) is 4.07. The summed E-state index contributed by atoms with van der Waals surface area (Å²) in [4.78, 5) is 0.116. The fourth-order valence-electron chi connectivity index (χ4n) is 3.26. The van der Waals surface area contributed by atoms with E-state index in [0.717, 1.165) is 33.4 Å². The first-order valence-corrected chi connectivity index (χ1v) is 9.79. The van der Waals surface area contributed by atoms with Gasteiger partial charge in [-0.3, -0.25) is 0 Å². The van der Waals surface area contributed by atoms with Crippen LogP contribution in [0, 0.1) is 0 Å². The van der Waals surface area contributed by atoms with Gasteiger partial charge >= 0.3 is 0 Å². The highest BCUT2D eigenvalue weighted by molar-refractivity contribution is 7.89. The number of hydrogen-bond donors (Lipinski definition) is 1. The molecule has 2 aliphatic carbocycles. The van der Waals surface area contributed by atoms with Gasteiger partial charge in [-0.1, -0.05) is 72.8 Å². The summed E-state index contributed by atoms with van der Waals surface area (Å²) in [5, 5.41) is 5.21. The highest BCUT2D eigenvalue weighted by Gasteiger charge is 2.18. The topological polar surface area (TPSA) is 60.2 Å². The fourth-order valence-corrected chi connectivity index (χ4v) is 3.77. The van der Waals surface area contributed by atoms with Gasteiger partial charge in [0.05, 0.1) is 4.90 Å². The molecule has 2 aromatic carbocycles. The van der Waals surface area contributed by atoms with Crippen LogP contribution in [-0.4, -0.2) is 8.42 Å². The molecule has 2 aliphatic rings. The maximum absolute atomic E-state index is 11.5. The molecule has 0 aromatic heterocycles. The van der Waals surface area contributed by atoms with Crippen LogP contribution in [0.5, 0.6) is 0 Å². The molecular weight excluding hydrogens is 342 g/mol.